The van der Waals surface area contributed by atoms with Gasteiger partial charge in [0, 0.05) is 13.1 Å². The van der Waals surface area contributed by atoms with Crippen LogP contribution in [0.15, 0.2) is 35.9 Å². The van der Waals surface area contributed by atoms with Gasteiger partial charge in [-0.05, 0) is 51.7 Å². The molecule has 1 heterocycles. The second-order valence-electron chi connectivity index (χ2n) is 8.82. The van der Waals surface area contributed by atoms with Crippen molar-refractivity contribution in [1.29, 1.82) is 0 Å². The van der Waals surface area contributed by atoms with Gasteiger partial charge in [-0.3, -0.25) is 9.59 Å². The Bertz CT molecular complexity index is 1200. The second-order valence-corrected chi connectivity index (χ2v) is 9.61. The Kier molecular flexibility index (Phi) is 8.76. The molecular weight excluding hydrogens is 507 g/mol. The van der Waals surface area contributed by atoms with Crippen molar-refractivity contribution in [3.05, 3.63) is 57.1 Å². The van der Waals surface area contributed by atoms with Crippen molar-refractivity contribution < 1.29 is 28.9 Å². The average molecular weight is 537 g/mol. The number of hydrogen-bond acceptors (Lipinski definition) is 7. The summed E-state index contributed by atoms with van der Waals surface area (Å²) in [4.78, 5) is 29.9. The Hall–Kier alpha value is -2.94. The van der Waals surface area contributed by atoms with Gasteiger partial charge in [0.25, 0.3) is 11.7 Å². The molecule has 0 bridgehead atoms. The summed E-state index contributed by atoms with van der Waals surface area (Å²) in [7, 11) is 6.50. The van der Waals surface area contributed by atoms with Crippen molar-refractivity contribution in [3.8, 4) is 17.2 Å². The van der Waals surface area contributed by atoms with E-state index in [2.05, 4.69) is 0 Å². The van der Waals surface area contributed by atoms with Crippen LogP contribution in [0, 0.1) is 0 Å². The van der Waals surface area contributed by atoms with E-state index in [1.807, 2.05) is 32.8 Å². The zero-order chi connectivity index (χ0) is 26.7. The van der Waals surface area contributed by atoms with Gasteiger partial charge in [0.1, 0.15) is 16.5 Å². The quantitative estimate of drug-likeness (QED) is 0.280. The van der Waals surface area contributed by atoms with Gasteiger partial charge >= 0.3 is 0 Å². The number of amides is 1. The van der Waals surface area contributed by atoms with E-state index in [1.165, 1.54) is 25.2 Å². The van der Waals surface area contributed by atoms with Crippen molar-refractivity contribution in [2.24, 2.45) is 0 Å². The summed E-state index contributed by atoms with van der Waals surface area (Å²) < 4.78 is 16.5. The van der Waals surface area contributed by atoms with E-state index in [4.69, 9.17) is 37.4 Å². The average Bonchev–Trinajstić information content (AvgIpc) is 3.06. The van der Waals surface area contributed by atoms with Crippen molar-refractivity contribution in [2.75, 3.05) is 41.4 Å². The van der Waals surface area contributed by atoms with E-state index in [-0.39, 0.29) is 45.3 Å². The number of ether oxygens (including phenoxy) is 3. The van der Waals surface area contributed by atoms with Gasteiger partial charge in [0.15, 0.2) is 11.5 Å². The number of rotatable bonds is 9. The summed E-state index contributed by atoms with van der Waals surface area (Å²) in [5.41, 5.74) is 0.576. The standard InChI is InChI=1S/C26H30Cl2N2O6/c1-14(2)36-16-9-7-8-15(12-16)21-19(23(32)26(33)30(21)11-10-29(3)4)22(31)17-13-18(27)25(35-6)20(28)24(17)34-5/h7-9,12-14,21,31H,10-11H2,1-6H3/b22-19+. The summed E-state index contributed by atoms with van der Waals surface area (Å²) in [5.74, 6) is -1.20. The molecule has 2 aromatic rings. The first-order valence-electron chi connectivity index (χ1n) is 11.3. The second kappa shape index (κ2) is 11.4. The zero-order valence-electron chi connectivity index (χ0n) is 21.1. The Morgan fingerprint density at radius 3 is 2.36 bits per heavy atom. The summed E-state index contributed by atoms with van der Waals surface area (Å²) in [6.45, 7) is 4.57. The normalized spacial score (nSPS) is 17.3. The first kappa shape index (κ1) is 27.6. The van der Waals surface area contributed by atoms with E-state index in [0.717, 1.165) is 0 Å². The number of likely N-dealkylation sites (tertiary alicyclic amines) is 1. The minimum absolute atomic E-state index is 0.0276. The monoisotopic (exact) mass is 536 g/mol. The number of likely N-dealkylation sites (N-methyl/N-ethyl adjacent to an activating group) is 1. The zero-order valence-corrected chi connectivity index (χ0v) is 22.6. The fraction of sp³-hybridized carbons (Fsp3) is 0.385. The number of benzene rings is 2. The fourth-order valence-electron chi connectivity index (χ4n) is 4.09. The van der Waals surface area contributed by atoms with E-state index < -0.39 is 23.5 Å². The molecule has 1 unspecified atom stereocenters. The molecule has 8 nitrogen and oxygen atoms in total. The molecule has 1 aliphatic heterocycles. The van der Waals surface area contributed by atoms with Crippen LogP contribution in [0.3, 0.4) is 0 Å². The van der Waals surface area contributed by atoms with Crippen molar-refractivity contribution in [2.45, 2.75) is 26.0 Å². The Labute approximate surface area is 220 Å². The van der Waals surface area contributed by atoms with Crippen LogP contribution in [0.25, 0.3) is 5.76 Å². The van der Waals surface area contributed by atoms with Gasteiger partial charge in [-0.1, -0.05) is 35.3 Å². The van der Waals surface area contributed by atoms with Gasteiger partial charge in [0.2, 0.25) is 0 Å². The lowest BCUT2D eigenvalue weighted by atomic mass is 9.94. The van der Waals surface area contributed by atoms with Crippen molar-refractivity contribution in [3.63, 3.8) is 0 Å². The first-order valence-corrected chi connectivity index (χ1v) is 12.1. The maximum atomic E-state index is 13.3. The summed E-state index contributed by atoms with van der Waals surface area (Å²) >= 11 is 12.8. The molecule has 0 aromatic heterocycles. The van der Waals surface area contributed by atoms with Gasteiger partial charge in [-0.15, -0.1) is 0 Å². The lowest BCUT2D eigenvalue weighted by Gasteiger charge is -2.27. The third-order valence-corrected chi connectivity index (χ3v) is 6.29. The number of Topliss-reactive ketones (excluding diaryl/α,β-unsaturated/α-hetero) is 1. The number of nitrogens with zero attached hydrogens (tertiary/aromatic N) is 2. The van der Waals surface area contributed by atoms with Crippen LogP contribution in [0.2, 0.25) is 10.0 Å². The minimum atomic E-state index is -0.870. The van der Waals surface area contributed by atoms with Gasteiger partial charge in [-0.2, -0.15) is 0 Å². The number of carbonyl (C=O) groups excluding carboxylic acids is 2. The SMILES string of the molecule is COc1c(Cl)cc(/C(O)=C2\C(=O)C(=O)N(CCN(C)C)C2c2cccc(OC(C)C)c2)c(OC)c1Cl. The van der Waals surface area contributed by atoms with Crippen molar-refractivity contribution in [1.82, 2.24) is 9.80 Å². The highest BCUT2D eigenvalue weighted by molar-refractivity contribution is 6.47. The third-order valence-electron chi connectivity index (χ3n) is 5.67. The van der Waals surface area contributed by atoms with E-state index >= 15 is 0 Å². The minimum Gasteiger partial charge on any atom is -0.507 e. The Morgan fingerprint density at radius 1 is 1.11 bits per heavy atom. The number of halogens is 2. The number of carbonyl (C=O) groups is 2. The molecule has 0 spiro atoms. The Morgan fingerprint density at radius 2 is 1.78 bits per heavy atom. The number of methoxy groups -OCH3 is 2. The molecule has 0 aliphatic carbocycles. The number of aliphatic hydroxyl groups excluding tert-OH is 1. The van der Waals surface area contributed by atoms with Crippen LogP contribution in [0.1, 0.15) is 31.0 Å². The molecule has 194 valence electrons. The van der Waals surface area contributed by atoms with E-state index in [9.17, 15) is 14.7 Å². The summed E-state index contributed by atoms with van der Waals surface area (Å²) in [6, 6.07) is 7.64. The smallest absolute Gasteiger partial charge is 0.295 e. The van der Waals surface area contributed by atoms with Crippen molar-refractivity contribution >= 4 is 40.7 Å². The highest BCUT2D eigenvalue weighted by Crippen LogP contribution is 2.47. The lowest BCUT2D eigenvalue weighted by Crippen LogP contribution is -2.35. The molecular formula is C26H30Cl2N2O6. The summed E-state index contributed by atoms with van der Waals surface area (Å²) in [5, 5.41) is 11.6. The summed E-state index contributed by atoms with van der Waals surface area (Å²) in [6.07, 6.45) is -0.0757. The molecule has 1 saturated heterocycles. The predicted octanol–water partition coefficient (Wildman–Crippen LogP) is 4.78. The first-order chi connectivity index (χ1) is 17.0. The van der Waals surface area contributed by atoms with Gasteiger partial charge in [-0.25, -0.2) is 0 Å². The number of aliphatic hydroxyl groups is 1. The fourth-order valence-corrected chi connectivity index (χ4v) is 4.77. The topological polar surface area (TPSA) is 88.5 Å². The Balaban J connectivity index is 2.27. The van der Waals surface area contributed by atoms with Crippen LogP contribution >= 0.6 is 23.2 Å². The maximum absolute atomic E-state index is 13.3. The van der Waals surface area contributed by atoms with Crippen LogP contribution in [0.4, 0.5) is 0 Å². The molecule has 0 saturated carbocycles. The molecule has 10 heteroatoms. The molecule has 36 heavy (non-hydrogen) atoms. The molecule has 1 fully saturated rings. The van der Waals surface area contributed by atoms with Crippen LogP contribution in [-0.2, 0) is 9.59 Å². The molecule has 1 amide bonds. The highest BCUT2D eigenvalue weighted by Gasteiger charge is 2.46. The molecule has 1 N–H and O–H groups in total. The molecule has 2 aromatic carbocycles. The molecule has 1 atom stereocenters. The lowest BCUT2D eigenvalue weighted by molar-refractivity contribution is -0.140. The number of ketones is 1. The van der Waals surface area contributed by atoms with Crippen LogP contribution in [0.5, 0.6) is 17.2 Å². The largest absolute Gasteiger partial charge is 0.507 e. The van der Waals surface area contributed by atoms with E-state index in [1.54, 1.807) is 24.3 Å². The molecule has 0 radical (unpaired) electrons. The third kappa shape index (κ3) is 5.40. The van der Waals surface area contributed by atoms with Crippen LogP contribution < -0.4 is 14.2 Å². The molecule has 1 aliphatic rings. The number of hydrogen-bond donors (Lipinski definition) is 1. The predicted molar refractivity (Wildman–Crippen MR) is 139 cm³/mol. The maximum Gasteiger partial charge on any atom is 0.295 e. The van der Waals surface area contributed by atoms with E-state index in [0.29, 0.717) is 17.9 Å². The van der Waals surface area contributed by atoms with Gasteiger partial charge in [0.05, 0.1) is 42.5 Å². The highest BCUT2D eigenvalue weighted by atomic mass is 35.5. The van der Waals surface area contributed by atoms with Gasteiger partial charge < -0.3 is 29.1 Å². The molecule has 3 rings (SSSR count). The van der Waals surface area contributed by atoms with Crippen LogP contribution in [-0.4, -0.2) is 74.1 Å².